The molecule has 0 unspecified atom stereocenters. The topological polar surface area (TPSA) is 0 Å². The van der Waals surface area contributed by atoms with E-state index in [0.717, 1.165) is 16.3 Å². The van der Waals surface area contributed by atoms with Crippen LogP contribution in [0.5, 0.6) is 0 Å². The van der Waals surface area contributed by atoms with Gasteiger partial charge in [-0.05, 0) is 35.4 Å². The molecule has 0 bridgehead atoms. The molecule has 0 aromatic heterocycles. The summed E-state index contributed by atoms with van der Waals surface area (Å²) in [7, 11) is 0. The fourth-order valence-corrected chi connectivity index (χ4v) is 1.66. The molecule has 0 radical (unpaired) electrons. The van der Waals surface area contributed by atoms with Gasteiger partial charge in [0.05, 0.1) is 0 Å². The van der Waals surface area contributed by atoms with Crippen LogP contribution in [-0.2, 0) is 0 Å². The second kappa shape index (κ2) is 5.59. The van der Waals surface area contributed by atoms with Crippen molar-refractivity contribution in [2.24, 2.45) is 0 Å². The number of hydrogen-bond acceptors (Lipinski definition) is 0. The molecule has 2 aromatic rings. The minimum Gasteiger partial charge on any atom is -0.205 e. The van der Waals surface area contributed by atoms with Crippen LogP contribution in [0.25, 0.3) is 10.8 Å². The highest BCUT2D eigenvalue weighted by Crippen LogP contribution is 2.26. The summed E-state index contributed by atoms with van der Waals surface area (Å²) in [6, 6.07) is 10.7. The smallest absolute Gasteiger partial charge is 0.205 e. The van der Waals surface area contributed by atoms with Gasteiger partial charge >= 0.3 is 0 Å². The van der Waals surface area contributed by atoms with E-state index in [0.29, 0.717) is 0 Å². The molecule has 0 saturated carbocycles. The summed E-state index contributed by atoms with van der Waals surface area (Å²) in [6.07, 6.45) is -2.39. The van der Waals surface area contributed by atoms with Crippen LogP contribution in [-0.4, -0.2) is 0 Å². The van der Waals surface area contributed by atoms with E-state index >= 15 is 0 Å². The van der Waals surface area contributed by atoms with Crippen molar-refractivity contribution >= 4 is 10.8 Å². The molecule has 0 N–H and O–H groups in total. The summed E-state index contributed by atoms with van der Waals surface area (Å²) in [4.78, 5) is 0. The van der Waals surface area contributed by atoms with E-state index in [-0.39, 0.29) is 5.56 Å². The maximum atomic E-state index is 12.5. The fourth-order valence-electron chi connectivity index (χ4n) is 1.66. The van der Waals surface area contributed by atoms with E-state index in [9.17, 15) is 8.78 Å². The van der Waals surface area contributed by atoms with Crippen LogP contribution >= 0.6 is 0 Å². The molecule has 0 heterocycles. The van der Waals surface area contributed by atoms with Crippen LogP contribution in [0.15, 0.2) is 36.4 Å². The van der Waals surface area contributed by atoms with Gasteiger partial charge < -0.3 is 0 Å². The van der Waals surface area contributed by atoms with Crippen molar-refractivity contribution in [2.45, 2.75) is 27.2 Å². The lowest BCUT2D eigenvalue weighted by atomic mass is 10.0. The van der Waals surface area contributed by atoms with Crippen molar-refractivity contribution in [3.8, 4) is 0 Å². The molecule has 0 aliphatic heterocycles. The molecule has 2 rings (SSSR count). The average molecular weight is 222 g/mol. The highest BCUT2D eigenvalue weighted by Gasteiger charge is 2.08. The van der Waals surface area contributed by atoms with Gasteiger partial charge in [-0.25, -0.2) is 8.78 Å². The molecule has 16 heavy (non-hydrogen) atoms. The summed E-state index contributed by atoms with van der Waals surface area (Å²) >= 11 is 0. The number of halogens is 2. The second-order valence-corrected chi connectivity index (χ2v) is 3.36. The van der Waals surface area contributed by atoms with Gasteiger partial charge in [-0.2, -0.15) is 0 Å². The molecule has 0 aliphatic carbocycles. The third-order valence-electron chi connectivity index (χ3n) is 2.34. The van der Waals surface area contributed by atoms with Crippen molar-refractivity contribution in [1.29, 1.82) is 0 Å². The molecular weight excluding hydrogens is 206 g/mol. The molecule has 0 aliphatic rings. The average Bonchev–Trinajstić information content (AvgIpc) is 2.31. The first-order valence-electron chi connectivity index (χ1n) is 5.46. The Kier molecular flexibility index (Phi) is 4.41. The summed E-state index contributed by atoms with van der Waals surface area (Å²) < 4.78 is 24.9. The molecule has 2 aromatic carbocycles. The summed E-state index contributed by atoms with van der Waals surface area (Å²) in [5.74, 6) is 0. The minimum atomic E-state index is -2.39. The SMILES string of the molecule is CC.Cc1cc(C(F)F)cc2ccccc12. The summed E-state index contributed by atoms with van der Waals surface area (Å²) in [5, 5.41) is 1.92. The van der Waals surface area contributed by atoms with Gasteiger partial charge in [0.15, 0.2) is 0 Å². The summed E-state index contributed by atoms with van der Waals surface area (Å²) in [6.45, 7) is 5.86. The van der Waals surface area contributed by atoms with Crippen molar-refractivity contribution in [2.75, 3.05) is 0 Å². The van der Waals surface area contributed by atoms with Gasteiger partial charge in [0.25, 0.3) is 6.43 Å². The number of fused-ring (bicyclic) bond motifs is 1. The van der Waals surface area contributed by atoms with Crippen molar-refractivity contribution in [1.82, 2.24) is 0 Å². The minimum absolute atomic E-state index is 0.0983. The molecule has 0 fully saturated rings. The Morgan fingerprint density at radius 2 is 1.62 bits per heavy atom. The van der Waals surface area contributed by atoms with Crippen LogP contribution in [0.2, 0.25) is 0 Å². The van der Waals surface area contributed by atoms with Gasteiger partial charge in [0.1, 0.15) is 0 Å². The first-order valence-corrected chi connectivity index (χ1v) is 5.46. The zero-order valence-corrected chi connectivity index (χ0v) is 9.80. The lowest BCUT2D eigenvalue weighted by Gasteiger charge is -2.05. The van der Waals surface area contributed by atoms with E-state index in [2.05, 4.69) is 0 Å². The Morgan fingerprint density at radius 3 is 2.25 bits per heavy atom. The molecule has 2 heteroatoms. The Bertz CT molecular complexity index is 461. The van der Waals surface area contributed by atoms with Gasteiger partial charge in [0, 0.05) is 5.56 Å². The molecule has 0 saturated heterocycles. The molecule has 0 spiro atoms. The molecular formula is C14H16F2. The predicted molar refractivity (Wildman–Crippen MR) is 65.0 cm³/mol. The third kappa shape index (κ3) is 2.57. The quantitative estimate of drug-likeness (QED) is 0.628. The van der Waals surface area contributed by atoms with Crippen molar-refractivity contribution < 1.29 is 8.78 Å². The maximum Gasteiger partial charge on any atom is 0.263 e. The largest absolute Gasteiger partial charge is 0.263 e. The number of rotatable bonds is 1. The Labute approximate surface area is 94.9 Å². The van der Waals surface area contributed by atoms with E-state index in [1.807, 2.05) is 45.0 Å². The first-order chi connectivity index (χ1) is 7.68. The van der Waals surface area contributed by atoms with Crippen LogP contribution < -0.4 is 0 Å². The van der Waals surface area contributed by atoms with Gasteiger partial charge in [0.2, 0.25) is 0 Å². The molecule has 0 atom stereocenters. The van der Waals surface area contributed by atoms with E-state index < -0.39 is 6.43 Å². The number of alkyl halides is 2. The third-order valence-corrected chi connectivity index (χ3v) is 2.34. The van der Waals surface area contributed by atoms with E-state index in [1.54, 1.807) is 12.1 Å². The molecule has 0 amide bonds. The first kappa shape index (κ1) is 12.6. The number of hydrogen-bond donors (Lipinski definition) is 0. The normalized spacial score (nSPS) is 10.1. The Morgan fingerprint density at radius 1 is 1.00 bits per heavy atom. The van der Waals surface area contributed by atoms with E-state index in [1.165, 1.54) is 0 Å². The van der Waals surface area contributed by atoms with Crippen molar-refractivity contribution in [3.05, 3.63) is 47.5 Å². The van der Waals surface area contributed by atoms with Gasteiger partial charge in [-0.3, -0.25) is 0 Å². The Hall–Kier alpha value is -1.44. The second-order valence-electron chi connectivity index (χ2n) is 3.36. The van der Waals surface area contributed by atoms with Gasteiger partial charge in [-0.1, -0.05) is 38.1 Å². The van der Waals surface area contributed by atoms with Crippen LogP contribution in [0.3, 0.4) is 0 Å². The zero-order chi connectivity index (χ0) is 12.1. The van der Waals surface area contributed by atoms with Crippen LogP contribution in [0, 0.1) is 6.92 Å². The Balaban J connectivity index is 0.000000606. The standard InChI is InChI=1S/C12H10F2.C2H6/c1-8-6-10(12(13)14)7-9-4-2-3-5-11(8)9;1-2/h2-7,12H,1H3;1-2H3. The monoisotopic (exact) mass is 222 g/mol. The zero-order valence-electron chi connectivity index (χ0n) is 9.80. The number of benzene rings is 2. The highest BCUT2D eigenvalue weighted by atomic mass is 19.3. The lowest BCUT2D eigenvalue weighted by Crippen LogP contribution is -1.87. The van der Waals surface area contributed by atoms with Crippen molar-refractivity contribution in [3.63, 3.8) is 0 Å². The van der Waals surface area contributed by atoms with Crippen LogP contribution in [0.4, 0.5) is 8.78 Å². The molecule has 0 nitrogen and oxygen atoms in total. The maximum absolute atomic E-state index is 12.5. The lowest BCUT2D eigenvalue weighted by molar-refractivity contribution is 0.151. The number of aryl methyl sites for hydroxylation is 1. The summed E-state index contributed by atoms with van der Waals surface area (Å²) in [5.41, 5.74) is 1.000. The van der Waals surface area contributed by atoms with Gasteiger partial charge in [-0.15, -0.1) is 0 Å². The highest BCUT2D eigenvalue weighted by molar-refractivity contribution is 5.86. The predicted octanol–water partition coefficient (Wildman–Crippen LogP) is 5.11. The van der Waals surface area contributed by atoms with Crippen LogP contribution in [0.1, 0.15) is 31.4 Å². The fraction of sp³-hybridized carbons (Fsp3) is 0.286. The van der Waals surface area contributed by atoms with E-state index in [4.69, 9.17) is 0 Å². The molecule has 86 valence electrons.